The normalized spacial score (nSPS) is 20.6. The Balaban J connectivity index is 1.86. The molecule has 1 fully saturated rings. The molecule has 0 atom stereocenters. The average Bonchev–Trinajstić information content (AvgIpc) is 2.68. The predicted octanol–water partition coefficient (Wildman–Crippen LogP) is 2.78. The van der Waals surface area contributed by atoms with Crippen LogP contribution < -0.4 is 5.32 Å². The quantitative estimate of drug-likeness (QED) is 0.759. The second-order valence-corrected chi connectivity index (χ2v) is 5.53. The fourth-order valence-corrected chi connectivity index (χ4v) is 3.23. The highest BCUT2D eigenvalue weighted by Gasteiger charge is 2.42. The number of halogens is 1. The minimum absolute atomic E-state index is 0.0892. The molecular weight excluding hydrogens is 252 g/mol. The van der Waals surface area contributed by atoms with E-state index in [4.69, 9.17) is 16.7 Å². The molecule has 96 valence electrons. The number of carbonyl (C=O) groups is 1. The maximum atomic E-state index is 10.9. The van der Waals surface area contributed by atoms with Crippen LogP contribution in [0.25, 0.3) is 0 Å². The van der Waals surface area contributed by atoms with E-state index in [1.807, 2.05) is 12.1 Å². The third-order valence-electron chi connectivity index (χ3n) is 4.16. The van der Waals surface area contributed by atoms with E-state index in [1.54, 1.807) is 0 Å². The molecule has 1 amide bonds. The summed E-state index contributed by atoms with van der Waals surface area (Å²) in [6.45, 7) is 2.11. The van der Waals surface area contributed by atoms with Gasteiger partial charge in [0, 0.05) is 35.8 Å². The SMILES string of the molecule is O=C(O)N1CCC2(CC1)CNc1cc(Cl)ccc12. The lowest BCUT2D eigenvalue weighted by atomic mass is 9.74. The Kier molecular flexibility index (Phi) is 2.63. The van der Waals surface area contributed by atoms with Gasteiger partial charge in [-0.05, 0) is 30.5 Å². The van der Waals surface area contributed by atoms with Gasteiger partial charge in [-0.3, -0.25) is 0 Å². The number of rotatable bonds is 0. The predicted molar refractivity (Wildman–Crippen MR) is 70.5 cm³/mol. The van der Waals surface area contributed by atoms with Gasteiger partial charge in [0.25, 0.3) is 0 Å². The fraction of sp³-hybridized carbons (Fsp3) is 0.462. The zero-order chi connectivity index (χ0) is 12.8. The molecule has 2 N–H and O–H groups in total. The molecule has 4 nitrogen and oxygen atoms in total. The van der Waals surface area contributed by atoms with Crippen LogP contribution in [0.2, 0.25) is 5.02 Å². The molecule has 0 saturated carbocycles. The average molecular weight is 267 g/mol. The molecule has 0 bridgehead atoms. The summed E-state index contributed by atoms with van der Waals surface area (Å²) in [5, 5.41) is 13.1. The molecule has 0 aromatic heterocycles. The second-order valence-electron chi connectivity index (χ2n) is 5.09. The van der Waals surface area contributed by atoms with Gasteiger partial charge >= 0.3 is 6.09 Å². The molecule has 1 aromatic rings. The molecule has 2 aliphatic heterocycles. The van der Waals surface area contributed by atoms with E-state index >= 15 is 0 Å². The van der Waals surface area contributed by atoms with Crippen molar-refractivity contribution in [3.8, 4) is 0 Å². The van der Waals surface area contributed by atoms with Crippen molar-refractivity contribution in [1.29, 1.82) is 0 Å². The lowest BCUT2D eigenvalue weighted by molar-refractivity contribution is 0.119. The molecule has 5 heteroatoms. The number of hydrogen-bond acceptors (Lipinski definition) is 2. The Bertz CT molecular complexity index is 496. The van der Waals surface area contributed by atoms with Crippen molar-refractivity contribution in [2.45, 2.75) is 18.3 Å². The summed E-state index contributed by atoms with van der Waals surface area (Å²) in [6, 6.07) is 5.95. The van der Waals surface area contributed by atoms with E-state index in [0.717, 1.165) is 30.1 Å². The van der Waals surface area contributed by atoms with Crippen LogP contribution in [0.15, 0.2) is 18.2 Å². The molecule has 0 aliphatic carbocycles. The Morgan fingerprint density at radius 1 is 1.39 bits per heavy atom. The summed E-state index contributed by atoms with van der Waals surface area (Å²) in [7, 11) is 0. The molecule has 0 unspecified atom stereocenters. The van der Waals surface area contributed by atoms with Gasteiger partial charge in [-0.25, -0.2) is 4.79 Å². The largest absolute Gasteiger partial charge is 0.465 e. The maximum absolute atomic E-state index is 10.9. The van der Waals surface area contributed by atoms with Gasteiger partial charge in [-0.1, -0.05) is 17.7 Å². The molecule has 0 radical (unpaired) electrons. The molecule has 1 aromatic carbocycles. The first-order valence-corrected chi connectivity index (χ1v) is 6.50. The summed E-state index contributed by atoms with van der Waals surface area (Å²) in [4.78, 5) is 12.4. The van der Waals surface area contributed by atoms with Gasteiger partial charge in [0.2, 0.25) is 0 Å². The van der Waals surface area contributed by atoms with Crippen molar-refractivity contribution < 1.29 is 9.90 Å². The Labute approximate surface area is 111 Å². The van der Waals surface area contributed by atoms with E-state index in [-0.39, 0.29) is 5.41 Å². The molecular formula is C13H15ClN2O2. The molecule has 1 spiro atoms. The first kappa shape index (κ1) is 11.7. The van der Waals surface area contributed by atoms with E-state index < -0.39 is 6.09 Å². The highest BCUT2D eigenvalue weighted by Crippen LogP contribution is 2.44. The third kappa shape index (κ3) is 1.72. The summed E-state index contributed by atoms with van der Waals surface area (Å²) >= 11 is 5.99. The highest BCUT2D eigenvalue weighted by atomic mass is 35.5. The molecule has 18 heavy (non-hydrogen) atoms. The summed E-state index contributed by atoms with van der Waals surface area (Å²) < 4.78 is 0. The summed E-state index contributed by atoms with van der Waals surface area (Å²) in [6.07, 6.45) is 0.939. The maximum Gasteiger partial charge on any atom is 0.407 e. The number of nitrogens with zero attached hydrogens (tertiary/aromatic N) is 1. The lowest BCUT2D eigenvalue weighted by Gasteiger charge is -2.38. The van der Waals surface area contributed by atoms with Gasteiger partial charge in [-0.15, -0.1) is 0 Å². The number of anilines is 1. The molecule has 2 heterocycles. The molecule has 1 saturated heterocycles. The van der Waals surface area contributed by atoms with E-state index in [9.17, 15) is 4.79 Å². The van der Waals surface area contributed by atoms with Crippen LogP contribution in [0.4, 0.5) is 10.5 Å². The number of amides is 1. The summed E-state index contributed by atoms with van der Waals surface area (Å²) in [5.74, 6) is 0. The van der Waals surface area contributed by atoms with Crippen molar-refractivity contribution in [3.63, 3.8) is 0 Å². The summed E-state index contributed by atoms with van der Waals surface area (Å²) in [5.41, 5.74) is 2.48. The molecule has 3 rings (SSSR count). The van der Waals surface area contributed by atoms with Crippen LogP contribution >= 0.6 is 11.6 Å². The monoisotopic (exact) mass is 266 g/mol. The smallest absolute Gasteiger partial charge is 0.407 e. The van der Waals surface area contributed by atoms with Crippen LogP contribution in [-0.2, 0) is 5.41 Å². The Hall–Kier alpha value is -1.42. The Morgan fingerprint density at radius 2 is 2.11 bits per heavy atom. The fourth-order valence-electron chi connectivity index (χ4n) is 3.06. The number of likely N-dealkylation sites (tertiary alicyclic amines) is 1. The second kappa shape index (κ2) is 4.05. The van der Waals surface area contributed by atoms with Gasteiger partial charge in [0.05, 0.1) is 0 Å². The minimum Gasteiger partial charge on any atom is -0.465 e. The van der Waals surface area contributed by atoms with Crippen molar-refractivity contribution in [2.75, 3.05) is 25.0 Å². The van der Waals surface area contributed by atoms with Crippen molar-refractivity contribution in [2.24, 2.45) is 0 Å². The zero-order valence-electron chi connectivity index (χ0n) is 9.95. The Morgan fingerprint density at radius 3 is 2.78 bits per heavy atom. The topological polar surface area (TPSA) is 52.6 Å². The van der Waals surface area contributed by atoms with Crippen LogP contribution in [-0.4, -0.2) is 35.7 Å². The number of fused-ring (bicyclic) bond motifs is 2. The van der Waals surface area contributed by atoms with Gasteiger partial charge in [0.1, 0.15) is 0 Å². The van der Waals surface area contributed by atoms with Gasteiger partial charge in [0.15, 0.2) is 0 Å². The minimum atomic E-state index is -0.813. The zero-order valence-corrected chi connectivity index (χ0v) is 10.7. The third-order valence-corrected chi connectivity index (χ3v) is 4.40. The number of benzene rings is 1. The van der Waals surface area contributed by atoms with E-state index in [2.05, 4.69) is 11.4 Å². The van der Waals surface area contributed by atoms with Gasteiger partial charge < -0.3 is 15.3 Å². The van der Waals surface area contributed by atoms with Crippen molar-refractivity contribution in [3.05, 3.63) is 28.8 Å². The van der Waals surface area contributed by atoms with Crippen LogP contribution in [0.3, 0.4) is 0 Å². The lowest BCUT2D eigenvalue weighted by Crippen LogP contribution is -2.45. The van der Waals surface area contributed by atoms with Crippen LogP contribution in [0, 0.1) is 0 Å². The van der Waals surface area contributed by atoms with Crippen molar-refractivity contribution >= 4 is 23.4 Å². The number of piperidine rings is 1. The highest BCUT2D eigenvalue weighted by molar-refractivity contribution is 6.30. The number of carboxylic acid groups (broad SMARTS) is 1. The van der Waals surface area contributed by atoms with Crippen molar-refractivity contribution in [1.82, 2.24) is 4.90 Å². The van der Waals surface area contributed by atoms with E-state index in [0.29, 0.717) is 13.1 Å². The van der Waals surface area contributed by atoms with Crippen LogP contribution in [0.5, 0.6) is 0 Å². The molecule has 2 aliphatic rings. The first-order chi connectivity index (χ1) is 8.61. The van der Waals surface area contributed by atoms with E-state index in [1.165, 1.54) is 10.5 Å². The van der Waals surface area contributed by atoms with Gasteiger partial charge in [-0.2, -0.15) is 0 Å². The van der Waals surface area contributed by atoms with Crippen LogP contribution in [0.1, 0.15) is 18.4 Å². The number of nitrogens with one attached hydrogen (secondary N) is 1. The first-order valence-electron chi connectivity index (χ1n) is 6.13. The standard InChI is InChI=1S/C13H15ClN2O2/c14-9-1-2-10-11(7-9)15-8-13(10)3-5-16(6-4-13)12(17)18/h1-2,7,15H,3-6,8H2,(H,17,18). The number of hydrogen-bond donors (Lipinski definition) is 2.